The van der Waals surface area contributed by atoms with E-state index in [0.29, 0.717) is 0 Å². The van der Waals surface area contributed by atoms with Crippen LogP contribution in [0.4, 0.5) is 4.39 Å². The number of aromatic nitrogens is 2. The third-order valence-corrected chi connectivity index (χ3v) is 2.59. The van der Waals surface area contributed by atoms with Crippen molar-refractivity contribution in [2.45, 2.75) is 6.42 Å². The van der Waals surface area contributed by atoms with E-state index in [0.717, 1.165) is 29.7 Å². The van der Waals surface area contributed by atoms with Crippen LogP contribution in [0, 0.1) is 5.82 Å². The summed E-state index contributed by atoms with van der Waals surface area (Å²) in [5.74, 6) is -0.288. The molecule has 4 heteroatoms. The lowest BCUT2D eigenvalue weighted by Gasteiger charge is -2.02. The summed E-state index contributed by atoms with van der Waals surface area (Å²) in [6.07, 6.45) is 2.18. The monoisotopic (exact) mass is 207 g/mol. The lowest BCUT2D eigenvalue weighted by Crippen LogP contribution is -2.12. The van der Waals surface area contributed by atoms with Gasteiger partial charge in [0, 0.05) is 31.8 Å². The van der Waals surface area contributed by atoms with Crippen molar-refractivity contribution in [1.29, 1.82) is 0 Å². The van der Waals surface area contributed by atoms with Gasteiger partial charge in [-0.1, -0.05) is 0 Å². The van der Waals surface area contributed by atoms with Crippen molar-refractivity contribution < 1.29 is 4.39 Å². The Bertz CT molecular complexity index is 476. The molecule has 2 aromatic rings. The Labute approximate surface area is 87.9 Å². The van der Waals surface area contributed by atoms with Crippen LogP contribution in [0.1, 0.15) is 5.69 Å². The molecule has 3 nitrogen and oxygen atoms in total. The van der Waals surface area contributed by atoms with Gasteiger partial charge in [0.05, 0.1) is 17.2 Å². The van der Waals surface area contributed by atoms with Crippen LogP contribution in [-0.2, 0) is 13.5 Å². The maximum atomic E-state index is 13.0. The molecule has 0 atom stereocenters. The van der Waals surface area contributed by atoms with Crippen LogP contribution in [0.15, 0.2) is 18.3 Å². The number of likely N-dealkylation sites (N-methyl/N-ethyl adjacent to an activating group) is 1. The first-order valence-corrected chi connectivity index (χ1v) is 4.97. The van der Waals surface area contributed by atoms with E-state index < -0.39 is 0 Å². The Morgan fingerprint density at radius 3 is 3.00 bits per heavy atom. The molecule has 0 fully saturated rings. The standard InChI is InChI=1S/C11H14FN3/c1-13-4-3-9-6-10-11(15(9)2)5-8(12)7-14-10/h5-7,13H,3-4H2,1-2H3. The van der Waals surface area contributed by atoms with E-state index in [9.17, 15) is 4.39 Å². The maximum Gasteiger partial charge on any atom is 0.143 e. The number of rotatable bonds is 3. The van der Waals surface area contributed by atoms with Gasteiger partial charge in [-0.25, -0.2) is 4.39 Å². The van der Waals surface area contributed by atoms with Crippen LogP contribution in [0.5, 0.6) is 0 Å². The van der Waals surface area contributed by atoms with Gasteiger partial charge in [0.25, 0.3) is 0 Å². The van der Waals surface area contributed by atoms with Crippen LogP contribution in [0.25, 0.3) is 11.0 Å². The summed E-state index contributed by atoms with van der Waals surface area (Å²) in [6, 6.07) is 3.53. The Hall–Kier alpha value is -1.42. The predicted molar refractivity (Wildman–Crippen MR) is 58.3 cm³/mol. The Balaban J connectivity index is 2.45. The van der Waals surface area contributed by atoms with E-state index in [2.05, 4.69) is 10.3 Å². The molecule has 0 aliphatic heterocycles. The van der Waals surface area contributed by atoms with Crippen LogP contribution < -0.4 is 5.32 Å². The van der Waals surface area contributed by atoms with Gasteiger partial charge in [-0.05, 0) is 13.1 Å². The van der Waals surface area contributed by atoms with Gasteiger partial charge in [-0.2, -0.15) is 0 Å². The zero-order valence-electron chi connectivity index (χ0n) is 8.92. The molecule has 80 valence electrons. The van der Waals surface area contributed by atoms with Crippen molar-refractivity contribution in [3.05, 3.63) is 29.8 Å². The molecule has 0 aliphatic rings. The fourth-order valence-corrected chi connectivity index (χ4v) is 1.72. The molecule has 15 heavy (non-hydrogen) atoms. The van der Waals surface area contributed by atoms with E-state index in [1.165, 1.54) is 12.3 Å². The first-order valence-electron chi connectivity index (χ1n) is 4.97. The van der Waals surface area contributed by atoms with Crippen LogP contribution in [0.2, 0.25) is 0 Å². The van der Waals surface area contributed by atoms with E-state index in [1.54, 1.807) is 0 Å². The van der Waals surface area contributed by atoms with Crippen molar-refractivity contribution in [2.75, 3.05) is 13.6 Å². The van der Waals surface area contributed by atoms with Crippen LogP contribution >= 0.6 is 0 Å². The van der Waals surface area contributed by atoms with Gasteiger partial charge in [-0.15, -0.1) is 0 Å². The molecule has 0 amide bonds. The number of nitrogens with zero attached hydrogens (tertiary/aromatic N) is 2. The second-order valence-electron chi connectivity index (χ2n) is 3.61. The molecular formula is C11H14FN3. The minimum Gasteiger partial charge on any atom is -0.346 e. The van der Waals surface area contributed by atoms with Crippen molar-refractivity contribution in [2.24, 2.45) is 7.05 Å². The fraction of sp³-hybridized carbons (Fsp3) is 0.364. The average molecular weight is 207 g/mol. The highest BCUT2D eigenvalue weighted by Gasteiger charge is 2.06. The van der Waals surface area contributed by atoms with Gasteiger partial charge >= 0.3 is 0 Å². The lowest BCUT2D eigenvalue weighted by atomic mass is 10.3. The van der Waals surface area contributed by atoms with Gasteiger partial charge < -0.3 is 9.88 Å². The van der Waals surface area contributed by atoms with Crippen molar-refractivity contribution in [3.63, 3.8) is 0 Å². The van der Waals surface area contributed by atoms with E-state index in [4.69, 9.17) is 0 Å². The molecule has 1 N–H and O–H groups in total. The summed E-state index contributed by atoms with van der Waals surface area (Å²) >= 11 is 0. The van der Waals surface area contributed by atoms with Gasteiger partial charge in [-0.3, -0.25) is 4.98 Å². The highest BCUT2D eigenvalue weighted by molar-refractivity contribution is 5.76. The molecular weight excluding hydrogens is 193 g/mol. The number of halogens is 1. The number of aryl methyl sites for hydroxylation is 1. The molecule has 0 bridgehead atoms. The quantitative estimate of drug-likeness (QED) is 0.826. The zero-order valence-corrected chi connectivity index (χ0v) is 8.92. The SMILES string of the molecule is CNCCc1cc2ncc(F)cc2n1C. The minimum atomic E-state index is -0.288. The smallest absolute Gasteiger partial charge is 0.143 e. The highest BCUT2D eigenvalue weighted by Crippen LogP contribution is 2.17. The molecule has 2 rings (SSSR count). The molecule has 0 unspecified atom stereocenters. The summed E-state index contributed by atoms with van der Waals surface area (Å²) in [5.41, 5.74) is 2.86. The summed E-state index contributed by atoms with van der Waals surface area (Å²) in [5, 5.41) is 3.09. The number of pyridine rings is 1. The topological polar surface area (TPSA) is 29.9 Å². The summed E-state index contributed by atoms with van der Waals surface area (Å²) < 4.78 is 15.0. The number of hydrogen-bond donors (Lipinski definition) is 1. The second-order valence-corrected chi connectivity index (χ2v) is 3.61. The first kappa shape index (κ1) is 10.1. The molecule has 0 radical (unpaired) electrons. The molecule has 0 aliphatic carbocycles. The highest BCUT2D eigenvalue weighted by atomic mass is 19.1. The van der Waals surface area contributed by atoms with Gasteiger partial charge in [0.1, 0.15) is 5.82 Å². The number of hydrogen-bond acceptors (Lipinski definition) is 2. The molecule has 2 heterocycles. The summed E-state index contributed by atoms with van der Waals surface area (Å²) in [4.78, 5) is 4.05. The van der Waals surface area contributed by atoms with Crippen LogP contribution in [-0.4, -0.2) is 23.1 Å². The Kier molecular flexibility index (Phi) is 2.68. The normalized spacial score (nSPS) is 11.1. The van der Waals surface area contributed by atoms with E-state index >= 15 is 0 Å². The van der Waals surface area contributed by atoms with Crippen LogP contribution in [0.3, 0.4) is 0 Å². The third kappa shape index (κ3) is 1.85. The molecule has 0 saturated heterocycles. The molecule has 0 spiro atoms. The van der Waals surface area contributed by atoms with E-state index in [1.807, 2.05) is 24.7 Å². The summed E-state index contributed by atoms with van der Waals surface area (Å²) in [6.45, 7) is 0.909. The lowest BCUT2D eigenvalue weighted by molar-refractivity contribution is 0.623. The Morgan fingerprint density at radius 1 is 1.47 bits per heavy atom. The van der Waals surface area contributed by atoms with Gasteiger partial charge in [0.2, 0.25) is 0 Å². The third-order valence-electron chi connectivity index (χ3n) is 2.59. The number of nitrogens with one attached hydrogen (secondary N) is 1. The van der Waals surface area contributed by atoms with Gasteiger partial charge in [0.15, 0.2) is 0 Å². The largest absolute Gasteiger partial charge is 0.346 e. The predicted octanol–water partition coefficient (Wildman–Crippen LogP) is 1.47. The molecule has 0 aromatic carbocycles. The van der Waals surface area contributed by atoms with Crippen molar-refractivity contribution in [1.82, 2.24) is 14.9 Å². The maximum absolute atomic E-state index is 13.0. The average Bonchev–Trinajstić information content (AvgIpc) is 2.53. The van der Waals surface area contributed by atoms with Crippen molar-refractivity contribution in [3.8, 4) is 0 Å². The minimum absolute atomic E-state index is 0.288. The first-order chi connectivity index (χ1) is 7.22. The fourth-order valence-electron chi connectivity index (χ4n) is 1.72. The summed E-state index contributed by atoms with van der Waals surface area (Å²) in [7, 11) is 3.86. The number of fused-ring (bicyclic) bond motifs is 1. The second kappa shape index (κ2) is 3.98. The zero-order chi connectivity index (χ0) is 10.8. The van der Waals surface area contributed by atoms with Crippen molar-refractivity contribution >= 4 is 11.0 Å². The molecule has 2 aromatic heterocycles. The molecule has 0 saturated carbocycles. The Morgan fingerprint density at radius 2 is 2.27 bits per heavy atom. The van der Waals surface area contributed by atoms with E-state index in [-0.39, 0.29) is 5.82 Å².